The number of rotatable bonds is 3. The van der Waals surface area contributed by atoms with Crippen molar-refractivity contribution in [3.05, 3.63) is 53.4 Å². The van der Waals surface area contributed by atoms with Crippen molar-refractivity contribution in [1.29, 1.82) is 0 Å². The third-order valence-electron chi connectivity index (χ3n) is 4.04. The van der Waals surface area contributed by atoms with Crippen LogP contribution in [0.2, 0.25) is 5.02 Å². The molecule has 0 radical (unpaired) electrons. The van der Waals surface area contributed by atoms with E-state index in [1.807, 2.05) is 12.1 Å². The second kappa shape index (κ2) is 6.74. The maximum absolute atomic E-state index is 12.4. The van der Waals surface area contributed by atoms with E-state index >= 15 is 0 Å². The van der Waals surface area contributed by atoms with E-state index in [9.17, 15) is 4.79 Å². The summed E-state index contributed by atoms with van der Waals surface area (Å²) in [7, 11) is 0. The number of halogens is 1. The summed E-state index contributed by atoms with van der Waals surface area (Å²) < 4.78 is 10.9. The van der Waals surface area contributed by atoms with Crippen LogP contribution in [-0.4, -0.2) is 37.2 Å². The van der Waals surface area contributed by atoms with Gasteiger partial charge in [0.2, 0.25) is 0 Å². The van der Waals surface area contributed by atoms with E-state index in [1.54, 1.807) is 30.5 Å². The quantitative estimate of drug-likeness (QED) is 0.776. The third-order valence-corrected chi connectivity index (χ3v) is 4.28. The van der Waals surface area contributed by atoms with Crippen LogP contribution < -0.4 is 10.2 Å². The van der Waals surface area contributed by atoms with Crippen LogP contribution in [0.1, 0.15) is 10.6 Å². The first-order chi connectivity index (χ1) is 12.2. The molecule has 1 fully saturated rings. The van der Waals surface area contributed by atoms with Gasteiger partial charge in [0, 0.05) is 23.5 Å². The summed E-state index contributed by atoms with van der Waals surface area (Å²) >= 11 is 5.95. The summed E-state index contributed by atoms with van der Waals surface area (Å²) in [5.41, 5.74) is 1.23. The Balaban J connectivity index is 1.47. The van der Waals surface area contributed by atoms with Gasteiger partial charge in [-0.2, -0.15) is 0 Å². The molecule has 0 unspecified atom stereocenters. The van der Waals surface area contributed by atoms with Crippen molar-refractivity contribution in [3.63, 3.8) is 0 Å². The van der Waals surface area contributed by atoms with E-state index in [2.05, 4.69) is 15.2 Å². The number of pyridine rings is 1. The Morgan fingerprint density at radius 1 is 1.16 bits per heavy atom. The molecule has 3 heterocycles. The molecule has 0 aliphatic carbocycles. The first kappa shape index (κ1) is 15.9. The summed E-state index contributed by atoms with van der Waals surface area (Å²) in [6, 6.07) is 10.6. The standard InChI is InChI=1S/C18H16ClN3O3/c19-13-1-3-15-12(9-13)10-16(25-15)18(23)21-14-2-4-17(20-11-14)22-5-7-24-8-6-22/h1-4,9-11H,5-8H2,(H,21,23). The van der Waals surface area contributed by atoms with Crippen molar-refractivity contribution < 1.29 is 13.9 Å². The Hall–Kier alpha value is -2.57. The average Bonchev–Trinajstić information content (AvgIpc) is 3.06. The van der Waals surface area contributed by atoms with Crippen molar-refractivity contribution in [1.82, 2.24) is 4.98 Å². The average molecular weight is 358 g/mol. The van der Waals surface area contributed by atoms with Gasteiger partial charge in [-0.05, 0) is 36.4 Å². The van der Waals surface area contributed by atoms with Gasteiger partial charge < -0.3 is 19.4 Å². The lowest BCUT2D eigenvalue weighted by molar-refractivity contribution is 0.0998. The number of fused-ring (bicyclic) bond motifs is 1. The van der Waals surface area contributed by atoms with Crippen LogP contribution in [0.25, 0.3) is 11.0 Å². The number of anilines is 2. The molecular weight excluding hydrogens is 342 g/mol. The number of nitrogens with one attached hydrogen (secondary N) is 1. The minimum absolute atomic E-state index is 0.231. The molecule has 1 saturated heterocycles. The van der Waals surface area contributed by atoms with Crippen molar-refractivity contribution in [2.24, 2.45) is 0 Å². The molecule has 3 aromatic rings. The maximum atomic E-state index is 12.4. The Bertz CT molecular complexity index is 902. The molecule has 1 aliphatic heterocycles. The van der Waals surface area contributed by atoms with Crippen LogP contribution in [0.3, 0.4) is 0 Å². The molecule has 0 saturated carbocycles. The Morgan fingerprint density at radius 3 is 2.76 bits per heavy atom. The minimum atomic E-state index is -0.326. The molecule has 0 spiro atoms. The number of furan rings is 1. The van der Waals surface area contributed by atoms with Crippen LogP contribution in [-0.2, 0) is 4.74 Å². The molecule has 1 amide bonds. The molecule has 0 bridgehead atoms. The van der Waals surface area contributed by atoms with Gasteiger partial charge in [0.1, 0.15) is 11.4 Å². The van der Waals surface area contributed by atoms with Crippen LogP contribution in [0.15, 0.2) is 47.0 Å². The normalized spacial score (nSPS) is 14.7. The molecule has 6 nitrogen and oxygen atoms in total. The highest BCUT2D eigenvalue weighted by atomic mass is 35.5. The Morgan fingerprint density at radius 2 is 2.00 bits per heavy atom. The van der Waals surface area contributed by atoms with Gasteiger partial charge in [-0.3, -0.25) is 4.79 Å². The van der Waals surface area contributed by atoms with Crippen molar-refractivity contribution in [2.45, 2.75) is 0 Å². The zero-order chi connectivity index (χ0) is 17.2. The first-order valence-corrected chi connectivity index (χ1v) is 8.36. The fourth-order valence-electron chi connectivity index (χ4n) is 2.76. The Kier molecular flexibility index (Phi) is 4.29. The molecule has 7 heteroatoms. The van der Waals surface area contributed by atoms with Crippen molar-refractivity contribution >= 4 is 40.0 Å². The predicted molar refractivity (Wildman–Crippen MR) is 96.4 cm³/mol. The number of hydrogen-bond acceptors (Lipinski definition) is 5. The molecule has 1 aromatic carbocycles. The largest absolute Gasteiger partial charge is 0.451 e. The van der Waals surface area contributed by atoms with Crippen LogP contribution in [0, 0.1) is 0 Å². The number of carbonyl (C=O) groups is 1. The number of ether oxygens (including phenoxy) is 1. The molecule has 128 valence electrons. The highest BCUT2D eigenvalue weighted by molar-refractivity contribution is 6.31. The number of benzene rings is 1. The number of carbonyl (C=O) groups excluding carboxylic acids is 1. The SMILES string of the molecule is O=C(Nc1ccc(N2CCOCC2)nc1)c1cc2cc(Cl)ccc2o1. The first-order valence-electron chi connectivity index (χ1n) is 7.98. The van der Waals surface area contributed by atoms with Gasteiger partial charge in [-0.1, -0.05) is 11.6 Å². The number of morpholine rings is 1. The second-order valence-electron chi connectivity index (χ2n) is 5.75. The van der Waals surface area contributed by atoms with E-state index in [-0.39, 0.29) is 11.7 Å². The van der Waals surface area contributed by atoms with Gasteiger partial charge in [-0.15, -0.1) is 0 Å². The van der Waals surface area contributed by atoms with Gasteiger partial charge in [0.25, 0.3) is 5.91 Å². The van der Waals surface area contributed by atoms with Crippen molar-refractivity contribution in [2.75, 3.05) is 36.5 Å². The molecule has 0 atom stereocenters. The van der Waals surface area contributed by atoms with Crippen LogP contribution in [0.5, 0.6) is 0 Å². The zero-order valence-electron chi connectivity index (χ0n) is 13.4. The molecule has 4 rings (SSSR count). The predicted octanol–water partition coefficient (Wildman–Crippen LogP) is 3.57. The zero-order valence-corrected chi connectivity index (χ0v) is 14.1. The fraction of sp³-hybridized carbons (Fsp3) is 0.222. The molecule has 1 aliphatic rings. The minimum Gasteiger partial charge on any atom is -0.451 e. The van der Waals surface area contributed by atoms with Crippen LogP contribution in [0.4, 0.5) is 11.5 Å². The summed E-state index contributed by atoms with van der Waals surface area (Å²) in [4.78, 5) is 18.9. The highest BCUT2D eigenvalue weighted by Crippen LogP contribution is 2.24. The van der Waals surface area contributed by atoms with Gasteiger partial charge in [0.15, 0.2) is 5.76 Å². The van der Waals surface area contributed by atoms with Gasteiger partial charge in [-0.25, -0.2) is 4.98 Å². The van der Waals surface area contributed by atoms with Gasteiger partial charge in [0.05, 0.1) is 25.1 Å². The summed E-state index contributed by atoms with van der Waals surface area (Å²) in [5.74, 6) is 0.780. The lowest BCUT2D eigenvalue weighted by Crippen LogP contribution is -2.36. The summed E-state index contributed by atoms with van der Waals surface area (Å²) in [5, 5.41) is 4.18. The summed E-state index contributed by atoms with van der Waals surface area (Å²) in [6.07, 6.45) is 1.64. The van der Waals surface area contributed by atoms with Gasteiger partial charge >= 0.3 is 0 Å². The smallest absolute Gasteiger partial charge is 0.291 e. The van der Waals surface area contributed by atoms with E-state index in [1.165, 1.54) is 0 Å². The summed E-state index contributed by atoms with van der Waals surface area (Å²) in [6.45, 7) is 3.05. The van der Waals surface area contributed by atoms with E-state index in [0.717, 1.165) is 24.3 Å². The van der Waals surface area contributed by atoms with Crippen molar-refractivity contribution in [3.8, 4) is 0 Å². The lowest BCUT2D eigenvalue weighted by atomic mass is 10.2. The van der Waals surface area contributed by atoms with E-state index in [4.69, 9.17) is 20.8 Å². The number of hydrogen-bond donors (Lipinski definition) is 1. The second-order valence-corrected chi connectivity index (χ2v) is 6.19. The lowest BCUT2D eigenvalue weighted by Gasteiger charge is -2.27. The van der Waals surface area contributed by atoms with E-state index in [0.29, 0.717) is 29.5 Å². The Labute approximate surface area is 149 Å². The third kappa shape index (κ3) is 3.45. The molecule has 1 N–H and O–H groups in total. The molecular formula is C18H16ClN3O3. The number of amides is 1. The number of aromatic nitrogens is 1. The van der Waals surface area contributed by atoms with E-state index < -0.39 is 0 Å². The highest BCUT2D eigenvalue weighted by Gasteiger charge is 2.15. The molecule has 25 heavy (non-hydrogen) atoms. The van der Waals surface area contributed by atoms with Crippen LogP contribution >= 0.6 is 11.6 Å². The monoisotopic (exact) mass is 357 g/mol. The maximum Gasteiger partial charge on any atom is 0.291 e. The fourth-order valence-corrected chi connectivity index (χ4v) is 2.94. The topological polar surface area (TPSA) is 67.6 Å². The molecule has 2 aromatic heterocycles. The number of nitrogens with zero attached hydrogens (tertiary/aromatic N) is 2.